The molecular weight excluding hydrogens is 223 g/mol. The normalized spacial score (nSPS) is 0.909. The molecule has 0 atom stereocenters. The van der Waals surface area contributed by atoms with Crippen LogP contribution in [0.15, 0.2) is 0 Å². The molecule has 11 heavy (non-hydrogen) atoms. The molecular formula is H16Cl2MgO8. The van der Waals surface area contributed by atoms with Crippen LogP contribution in [-0.4, -0.2) is 62.0 Å². The highest BCUT2D eigenvalue weighted by atomic mass is 35.6. The minimum Gasteiger partial charge on any atom is -0.412 e. The molecule has 11 heteroatoms. The van der Waals surface area contributed by atoms with Gasteiger partial charge in [-0.1, -0.05) is 0 Å². The van der Waals surface area contributed by atoms with E-state index in [0.717, 1.165) is 0 Å². The van der Waals surface area contributed by atoms with Crippen LogP contribution in [-0.2, 0) is 0 Å². The van der Waals surface area contributed by atoms with Gasteiger partial charge in [-0.05, 0) is 0 Å². The summed E-state index contributed by atoms with van der Waals surface area (Å²) in [6, 6.07) is 0. The van der Waals surface area contributed by atoms with Crippen LogP contribution in [0.2, 0.25) is 0 Å². The molecule has 0 fully saturated rings. The van der Waals surface area contributed by atoms with Gasteiger partial charge in [0.15, 0.2) is 0 Å². The van der Waals surface area contributed by atoms with E-state index in [4.69, 9.17) is 18.1 Å². The lowest BCUT2D eigenvalue weighted by Crippen LogP contribution is -1.36. The second-order valence-corrected chi connectivity index (χ2v) is 2.73. The van der Waals surface area contributed by atoms with Gasteiger partial charge in [0.1, 0.15) is 0 Å². The minimum absolute atomic E-state index is 0. The van der Waals surface area contributed by atoms with Gasteiger partial charge in [0.2, 0.25) is 0 Å². The van der Waals surface area contributed by atoms with E-state index in [-0.39, 0.29) is 43.8 Å². The number of halogens is 2. The van der Waals surface area contributed by atoms with Gasteiger partial charge < -0.3 is 62.0 Å². The lowest BCUT2D eigenvalue weighted by atomic mass is 16.0. The molecule has 0 amide bonds. The van der Waals surface area contributed by atoms with Crippen molar-refractivity contribution in [2.45, 2.75) is 0 Å². The third-order valence-corrected chi connectivity index (χ3v) is 0. The van der Waals surface area contributed by atoms with Gasteiger partial charge in [-0.3, -0.25) is 0 Å². The largest absolute Gasteiger partial charge is 0.618 e. The standard InChI is InChI=1S/2ClH.Mg.8H2O/h2*1H;;8*1H2/q;;+2;;;;;;;;/p-2. The van der Waals surface area contributed by atoms with Gasteiger partial charge in [0, 0.05) is 0 Å². The summed E-state index contributed by atoms with van der Waals surface area (Å²) in [5.41, 5.74) is 0. The van der Waals surface area contributed by atoms with Gasteiger partial charge in [-0.15, -0.1) is 0 Å². The highest BCUT2D eigenvalue weighted by molar-refractivity contribution is 7.22. The summed E-state index contributed by atoms with van der Waals surface area (Å²) >= 11 is -0.639. The Morgan fingerprint density at radius 1 is 0.455 bits per heavy atom. The lowest BCUT2D eigenvalue weighted by Gasteiger charge is -1.33. The molecule has 0 spiro atoms. The molecule has 0 saturated heterocycles. The maximum Gasteiger partial charge on any atom is 0.618 e. The number of hydrogen-bond acceptors (Lipinski definition) is 0. The first-order valence-corrected chi connectivity index (χ1v) is 4.81. The topological polar surface area (TPSA) is 252 Å². The first-order valence-electron chi connectivity index (χ1n) is 0.535. The Labute approximate surface area is 80.2 Å². The fraction of sp³-hybridized carbons (Fsp3) is 0. The average Bonchev–Trinajstić information content (AvgIpc) is 0.918. The first-order chi connectivity index (χ1) is 1.41. The Hall–Kier alpha value is 1.03. The zero-order valence-corrected chi connectivity index (χ0v) is 8.39. The van der Waals surface area contributed by atoms with E-state index in [1.807, 2.05) is 0 Å². The van der Waals surface area contributed by atoms with Crippen LogP contribution in [0.1, 0.15) is 0 Å². The Balaban J connectivity index is -0.000000000714. The number of hydrogen-bond donors (Lipinski definition) is 0. The second kappa shape index (κ2) is 270. The molecule has 0 aromatic carbocycles. The summed E-state index contributed by atoms with van der Waals surface area (Å²) in [7, 11) is 9.81. The molecule has 8 nitrogen and oxygen atoms in total. The third-order valence-electron chi connectivity index (χ3n) is 0. The smallest absolute Gasteiger partial charge is 0.412 e. The molecule has 0 aromatic heterocycles. The SMILES string of the molecule is O.O.O.O.O.O.O.O.[Cl][Mg][Cl]. The highest BCUT2D eigenvalue weighted by Crippen LogP contribution is 1.67. The first kappa shape index (κ1) is 160. The molecule has 0 aromatic rings. The number of rotatable bonds is 0. The maximum absolute atomic E-state index is 4.90. The van der Waals surface area contributed by atoms with Gasteiger partial charge in [-0.2, -0.15) is 0 Å². The molecule has 0 saturated carbocycles. The zero-order chi connectivity index (χ0) is 2.71. The Morgan fingerprint density at radius 2 is 0.455 bits per heavy atom. The zero-order valence-electron chi connectivity index (χ0n) is 5.46. The van der Waals surface area contributed by atoms with Crippen LogP contribution >= 0.6 is 18.1 Å². The molecule has 0 bridgehead atoms. The maximum atomic E-state index is 4.90. The van der Waals surface area contributed by atoms with Crippen LogP contribution in [0.4, 0.5) is 0 Å². The van der Waals surface area contributed by atoms with Gasteiger partial charge in [0.05, 0.1) is 0 Å². The van der Waals surface area contributed by atoms with E-state index >= 15 is 0 Å². The molecule has 16 N–H and O–H groups in total. The summed E-state index contributed by atoms with van der Waals surface area (Å²) < 4.78 is 0. The van der Waals surface area contributed by atoms with Crippen molar-refractivity contribution in [2.75, 3.05) is 0 Å². The monoisotopic (exact) mass is 238 g/mol. The van der Waals surface area contributed by atoms with Gasteiger partial charge in [-0.25, -0.2) is 0 Å². The van der Waals surface area contributed by atoms with E-state index in [2.05, 4.69) is 0 Å². The molecule has 0 heterocycles. The molecule has 0 aliphatic heterocycles. The van der Waals surface area contributed by atoms with Crippen molar-refractivity contribution >= 4 is 36.3 Å². The minimum atomic E-state index is -0.639. The van der Waals surface area contributed by atoms with Crippen molar-refractivity contribution in [2.24, 2.45) is 0 Å². The summed E-state index contributed by atoms with van der Waals surface area (Å²) in [5.74, 6) is 0. The van der Waals surface area contributed by atoms with Crippen molar-refractivity contribution in [1.82, 2.24) is 0 Å². The van der Waals surface area contributed by atoms with E-state index in [9.17, 15) is 0 Å². The van der Waals surface area contributed by atoms with Gasteiger partial charge in [0.25, 0.3) is 0 Å². The van der Waals surface area contributed by atoms with Crippen LogP contribution in [0.3, 0.4) is 0 Å². The average molecular weight is 239 g/mol. The van der Waals surface area contributed by atoms with E-state index in [1.165, 1.54) is 0 Å². The fourth-order valence-electron chi connectivity index (χ4n) is 0. The summed E-state index contributed by atoms with van der Waals surface area (Å²) in [6.07, 6.45) is 0. The van der Waals surface area contributed by atoms with E-state index in [0.29, 0.717) is 0 Å². The van der Waals surface area contributed by atoms with Crippen LogP contribution in [0.5, 0.6) is 0 Å². The second-order valence-electron chi connectivity index (χ2n) is 0.101. The molecule has 0 rings (SSSR count). The molecule has 0 aliphatic rings. The quantitative estimate of drug-likeness (QED) is 0.358. The third kappa shape index (κ3) is 853. The van der Waals surface area contributed by atoms with Crippen LogP contribution < -0.4 is 0 Å². The molecule has 0 radical (unpaired) electrons. The molecule has 0 aliphatic carbocycles. The summed E-state index contributed by atoms with van der Waals surface area (Å²) in [4.78, 5) is 0. The molecule has 80 valence electrons. The predicted octanol–water partition coefficient (Wildman–Crippen LogP) is -5.60. The Kier molecular flexibility index (Phi) is 3920. The fourth-order valence-corrected chi connectivity index (χ4v) is 0. The van der Waals surface area contributed by atoms with E-state index in [1.54, 1.807) is 0 Å². The van der Waals surface area contributed by atoms with Crippen molar-refractivity contribution in [1.29, 1.82) is 0 Å². The van der Waals surface area contributed by atoms with Crippen LogP contribution in [0.25, 0.3) is 0 Å². The Bertz CT molecular complexity index is 12.1. The lowest BCUT2D eigenvalue weighted by molar-refractivity contribution is 0.823. The van der Waals surface area contributed by atoms with Gasteiger partial charge >= 0.3 is 18.2 Å². The highest BCUT2D eigenvalue weighted by Gasteiger charge is 1.64. The summed E-state index contributed by atoms with van der Waals surface area (Å²) in [6.45, 7) is 0. The Morgan fingerprint density at radius 3 is 0.455 bits per heavy atom. The van der Waals surface area contributed by atoms with E-state index < -0.39 is 18.2 Å². The molecule has 0 unspecified atom stereocenters. The predicted molar refractivity (Wildman–Crippen MR) is 46.4 cm³/mol. The van der Waals surface area contributed by atoms with Crippen molar-refractivity contribution < 1.29 is 43.8 Å². The summed E-state index contributed by atoms with van der Waals surface area (Å²) in [5, 5.41) is 0. The van der Waals surface area contributed by atoms with Crippen molar-refractivity contribution in [3.63, 3.8) is 0 Å². The van der Waals surface area contributed by atoms with Crippen molar-refractivity contribution in [3.05, 3.63) is 0 Å². The van der Waals surface area contributed by atoms with Crippen molar-refractivity contribution in [3.8, 4) is 0 Å². The van der Waals surface area contributed by atoms with Crippen LogP contribution in [0, 0.1) is 0 Å².